The lowest BCUT2D eigenvalue weighted by Crippen LogP contribution is -2.53. The summed E-state index contributed by atoms with van der Waals surface area (Å²) in [5.41, 5.74) is 1.04. The molecule has 1 aliphatic rings. The summed E-state index contributed by atoms with van der Waals surface area (Å²) < 4.78 is 5.08. The number of carboxylic acids is 1. The van der Waals surface area contributed by atoms with Crippen molar-refractivity contribution in [2.24, 2.45) is 0 Å². The number of carbonyl (C=O) groups is 3. The largest absolute Gasteiger partial charge is 0.480 e. The summed E-state index contributed by atoms with van der Waals surface area (Å²) in [6.45, 7) is 1.96. The first-order valence-corrected chi connectivity index (χ1v) is 6.48. The fraction of sp³-hybridized carbons (Fsp3) is 0.357. The van der Waals surface area contributed by atoms with E-state index in [0.29, 0.717) is 17.9 Å². The van der Waals surface area contributed by atoms with Gasteiger partial charge in [0, 0.05) is 17.8 Å². The van der Waals surface area contributed by atoms with Crippen molar-refractivity contribution in [1.82, 2.24) is 4.90 Å². The molecule has 0 radical (unpaired) electrons. The summed E-state index contributed by atoms with van der Waals surface area (Å²) in [5.74, 6) is -1.16. The molecule has 1 unspecified atom stereocenters. The number of ether oxygens (including phenoxy) is 1. The second-order valence-electron chi connectivity index (χ2n) is 4.69. The topological polar surface area (TPSA) is 95.9 Å². The molecule has 2 rings (SSSR count). The quantitative estimate of drug-likeness (QED) is 0.816. The zero-order valence-corrected chi connectivity index (χ0v) is 11.5. The normalized spacial score (nSPS) is 18.1. The van der Waals surface area contributed by atoms with E-state index in [2.05, 4.69) is 5.32 Å². The molecule has 1 saturated heterocycles. The minimum atomic E-state index is -1.10. The Morgan fingerprint density at radius 3 is 2.52 bits per heavy atom. The van der Waals surface area contributed by atoms with Crippen LogP contribution in [0.1, 0.15) is 17.3 Å². The van der Waals surface area contributed by atoms with Gasteiger partial charge in [-0.15, -0.1) is 0 Å². The van der Waals surface area contributed by atoms with E-state index in [1.807, 2.05) is 0 Å². The molecule has 0 saturated carbocycles. The first kappa shape index (κ1) is 15.0. The third-order valence-corrected chi connectivity index (χ3v) is 3.22. The monoisotopic (exact) mass is 292 g/mol. The molecule has 0 spiro atoms. The summed E-state index contributed by atoms with van der Waals surface area (Å²) in [4.78, 5) is 35.6. The Morgan fingerprint density at radius 2 is 1.95 bits per heavy atom. The van der Waals surface area contributed by atoms with Crippen molar-refractivity contribution in [2.75, 3.05) is 25.1 Å². The lowest BCUT2D eigenvalue weighted by Gasteiger charge is -2.32. The number of Topliss-reactive ketones (excluding diaryl/α,β-unsaturated/α-hetero) is 1. The first-order chi connectivity index (χ1) is 9.99. The maximum absolute atomic E-state index is 12.1. The predicted molar refractivity (Wildman–Crippen MR) is 74.4 cm³/mol. The van der Waals surface area contributed by atoms with Crippen molar-refractivity contribution >= 4 is 23.5 Å². The molecule has 1 aromatic carbocycles. The molecule has 1 atom stereocenters. The Hall–Kier alpha value is -2.41. The molecule has 0 aliphatic carbocycles. The Labute approximate surface area is 121 Å². The minimum absolute atomic E-state index is 0.0218. The molecular formula is C14H16N2O5. The van der Waals surface area contributed by atoms with Crippen LogP contribution in [0.4, 0.5) is 10.5 Å². The summed E-state index contributed by atoms with van der Waals surface area (Å²) in [5, 5.41) is 11.7. The molecule has 112 valence electrons. The fourth-order valence-corrected chi connectivity index (χ4v) is 2.03. The number of hydrogen-bond acceptors (Lipinski definition) is 4. The molecule has 7 nitrogen and oxygen atoms in total. The first-order valence-electron chi connectivity index (χ1n) is 6.48. The van der Waals surface area contributed by atoms with Gasteiger partial charge in [0.2, 0.25) is 0 Å². The van der Waals surface area contributed by atoms with Crippen molar-refractivity contribution in [3.05, 3.63) is 29.8 Å². The van der Waals surface area contributed by atoms with Gasteiger partial charge >= 0.3 is 12.0 Å². The number of nitrogens with zero attached hydrogens (tertiary/aromatic N) is 1. The number of morpholine rings is 1. The van der Waals surface area contributed by atoms with Crippen LogP contribution in [-0.4, -0.2) is 53.6 Å². The lowest BCUT2D eigenvalue weighted by molar-refractivity contribution is -0.147. The highest BCUT2D eigenvalue weighted by atomic mass is 16.5. The average Bonchev–Trinajstić information content (AvgIpc) is 2.47. The number of urea groups is 1. The molecule has 0 bridgehead atoms. The highest BCUT2D eigenvalue weighted by molar-refractivity contribution is 5.96. The van der Waals surface area contributed by atoms with E-state index >= 15 is 0 Å². The number of amides is 2. The Morgan fingerprint density at radius 1 is 1.29 bits per heavy atom. The van der Waals surface area contributed by atoms with Gasteiger partial charge in [-0.1, -0.05) is 0 Å². The van der Waals surface area contributed by atoms with Crippen LogP contribution < -0.4 is 5.32 Å². The minimum Gasteiger partial charge on any atom is -0.480 e. The molecule has 1 aliphatic heterocycles. The molecule has 0 aromatic heterocycles. The van der Waals surface area contributed by atoms with E-state index in [1.165, 1.54) is 11.8 Å². The summed E-state index contributed by atoms with van der Waals surface area (Å²) >= 11 is 0. The number of rotatable bonds is 3. The van der Waals surface area contributed by atoms with Crippen LogP contribution in [0.15, 0.2) is 24.3 Å². The van der Waals surface area contributed by atoms with Gasteiger partial charge in [-0.25, -0.2) is 9.59 Å². The Kier molecular flexibility index (Phi) is 4.54. The fourth-order valence-electron chi connectivity index (χ4n) is 2.03. The van der Waals surface area contributed by atoms with Gasteiger partial charge in [-0.2, -0.15) is 0 Å². The standard InChI is InChI=1S/C14H16N2O5/c1-9(17)10-2-4-11(5-3-10)15-14(20)16-6-7-21-8-12(16)13(18)19/h2-5,12H,6-8H2,1H3,(H,15,20)(H,18,19). The maximum Gasteiger partial charge on any atom is 0.328 e. The van der Waals surface area contributed by atoms with E-state index in [9.17, 15) is 14.4 Å². The van der Waals surface area contributed by atoms with E-state index in [4.69, 9.17) is 9.84 Å². The van der Waals surface area contributed by atoms with Gasteiger partial charge in [0.05, 0.1) is 13.2 Å². The smallest absolute Gasteiger partial charge is 0.328 e. The highest BCUT2D eigenvalue weighted by Gasteiger charge is 2.32. The molecule has 7 heteroatoms. The zero-order chi connectivity index (χ0) is 15.4. The molecule has 1 fully saturated rings. The van der Waals surface area contributed by atoms with Crippen LogP contribution >= 0.6 is 0 Å². The van der Waals surface area contributed by atoms with E-state index in [1.54, 1.807) is 24.3 Å². The van der Waals surface area contributed by atoms with Crippen LogP contribution in [0.5, 0.6) is 0 Å². The molecule has 2 amide bonds. The number of anilines is 1. The van der Waals surface area contributed by atoms with Gasteiger partial charge in [-0.3, -0.25) is 4.79 Å². The molecule has 21 heavy (non-hydrogen) atoms. The van der Waals surface area contributed by atoms with Crippen molar-refractivity contribution in [3.63, 3.8) is 0 Å². The van der Waals surface area contributed by atoms with Crippen LogP contribution in [0.3, 0.4) is 0 Å². The number of nitrogens with one attached hydrogen (secondary N) is 1. The highest BCUT2D eigenvalue weighted by Crippen LogP contribution is 2.13. The van der Waals surface area contributed by atoms with Crippen LogP contribution in [0.25, 0.3) is 0 Å². The lowest BCUT2D eigenvalue weighted by atomic mass is 10.1. The summed E-state index contributed by atoms with van der Waals surface area (Å²) in [6, 6.07) is 4.92. The molecule has 2 N–H and O–H groups in total. The van der Waals surface area contributed by atoms with Crippen molar-refractivity contribution in [2.45, 2.75) is 13.0 Å². The number of benzene rings is 1. The van der Waals surface area contributed by atoms with Gasteiger partial charge in [-0.05, 0) is 31.2 Å². The van der Waals surface area contributed by atoms with Gasteiger partial charge in [0.25, 0.3) is 0 Å². The molecular weight excluding hydrogens is 276 g/mol. The number of carboxylic acid groups (broad SMARTS) is 1. The van der Waals surface area contributed by atoms with Crippen LogP contribution in [0, 0.1) is 0 Å². The second-order valence-corrected chi connectivity index (χ2v) is 4.69. The second kappa shape index (κ2) is 6.36. The van der Waals surface area contributed by atoms with Gasteiger partial charge < -0.3 is 20.1 Å². The Bertz CT molecular complexity index is 555. The van der Waals surface area contributed by atoms with E-state index in [0.717, 1.165) is 0 Å². The summed E-state index contributed by atoms with van der Waals surface area (Å²) in [7, 11) is 0. The number of carbonyl (C=O) groups excluding carboxylic acids is 2. The third kappa shape index (κ3) is 3.57. The number of hydrogen-bond donors (Lipinski definition) is 2. The van der Waals surface area contributed by atoms with E-state index < -0.39 is 18.0 Å². The third-order valence-electron chi connectivity index (χ3n) is 3.22. The molecule has 1 heterocycles. The maximum atomic E-state index is 12.1. The van der Waals surface area contributed by atoms with Crippen LogP contribution in [0.2, 0.25) is 0 Å². The van der Waals surface area contributed by atoms with E-state index in [-0.39, 0.29) is 18.9 Å². The molecule has 1 aromatic rings. The average molecular weight is 292 g/mol. The van der Waals surface area contributed by atoms with Crippen molar-refractivity contribution < 1.29 is 24.2 Å². The Balaban J connectivity index is 2.05. The van der Waals surface area contributed by atoms with Gasteiger partial charge in [0.1, 0.15) is 0 Å². The number of aliphatic carboxylic acids is 1. The zero-order valence-electron chi connectivity index (χ0n) is 11.5. The van der Waals surface area contributed by atoms with Gasteiger partial charge in [0.15, 0.2) is 11.8 Å². The number of ketones is 1. The van der Waals surface area contributed by atoms with Crippen molar-refractivity contribution in [1.29, 1.82) is 0 Å². The van der Waals surface area contributed by atoms with Crippen molar-refractivity contribution in [3.8, 4) is 0 Å². The SMILES string of the molecule is CC(=O)c1ccc(NC(=O)N2CCOCC2C(=O)O)cc1. The predicted octanol–water partition coefficient (Wildman–Crippen LogP) is 1.21. The summed E-state index contributed by atoms with van der Waals surface area (Å²) in [6.07, 6.45) is 0. The van der Waals surface area contributed by atoms with Crippen LogP contribution in [-0.2, 0) is 9.53 Å².